The maximum absolute atomic E-state index is 9.50. The van der Waals surface area contributed by atoms with E-state index in [0.717, 1.165) is 12.0 Å². The summed E-state index contributed by atoms with van der Waals surface area (Å²) in [6.07, 6.45) is 0.767. The van der Waals surface area contributed by atoms with Gasteiger partial charge < -0.3 is 20.6 Å². The van der Waals surface area contributed by atoms with E-state index < -0.39 is 0 Å². The van der Waals surface area contributed by atoms with E-state index in [-0.39, 0.29) is 18.7 Å². The molecule has 27 heavy (non-hydrogen) atoms. The number of hydrogen-bond donors (Lipinski definition) is 3. The van der Waals surface area contributed by atoms with E-state index in [1.54, 1.807) is 0 Å². The van der Waals surface area contributed by atoms with Crippen LogP contribution in [-0.2, 0) is 6.54 Å². The van der Waals surface area contributed by atoms with Crippen molar-refractivity contribution in [1.82, 2.24) is 9.97 Å². The van der Waals surface area contributed by atoms with Crippen LogP contribution in [0.3, 0.4) is 0 Å². The summed E-state index contributed by atoms with van der Waals surface area (Å²) < 4.78 is 0. The fourth-order valence-corrected chi connectivity index (χ4v) is 2.51. The van der Waals surface area contributed by atoms with Crippen LogP contribution < -0.4 is 15.5 Å². The second kappa shape index (κ2) is 9.87. The fourth-order valence-electron chi connectivity index (χ4n) is 2.51. The van der Waals surface area contributed by atoms with Crippen LogP contribution in [0.1, 0.15) is 32.8 Å². The zero-order valence-electron chi connectivity index (χ0n) is 16.6. The second-order valence-corrected chi connectivity index (χ2v) is 6.70. The van der Waals surface area contributed by atoms with Gasteiger partial charge in [-0.15, -0.1) is 0 Å². The van der Waals surface area contributed by atoms with E-state index in [1.165, 1.54) is 0 Å². The number of aliphatic hydroxyl groups is 1. The van der Waals surface area contributed by atoms with E-state index in [2.05, 4.69) is 46.2 Å². The lowest BCUT2D eigenvalue weighted by Gasteiger charge is -2.26. The van der Waals surface area contributed by atoms with Gasteiger partial charge in [-0.3, -0.25) is 4.99 Å². The normalized spacial score (nSPS) is 11.9. The molecule has 0 saturated carbocycles. The Balaban J connectivity index is 2.41. The van der Waals surface area contributed by atoms with Crippen LogP contribution in [0.2, 0.25) is 0 Å². The first-order chi connectivity index (χ1) is 13.0. The highest BCUT2D eigenvalue weighted by atomic mass is 16.3. The lowest BCUT2D eigenvalue weighted by molar-refractivity contribution is 0.271. The van der Waals surface area contributed by atoms with E-state index in [0.29, 0.717) is 29.8 Å². The van der Waals surface area contributed by atoms with Gasteiger partial charge in [-0.05, 0) is 32.5 Å². The van der Waals surface area contributed by atoms with Crippen LogP contribution in [0.25, 0.3) is 0 Å². The average Bonchev–Trinajstić information content (AvgIpc) is 2.70. The van der Waals surface area contributed by atoms with Gasteiger partial charge in [0.15, 0.2) is 11.6 Å². The van der Waals surface area contributed by atoms with Gasteiger partial charge in [0, 0.05) is 19.6 Å². The van der Waals surface area contributed by atoms with E-state index in [4.69, 9.17) is 0 Å². The van der Waals surface area contributed by atoms with Crippen molar-refractivity contribution < 1.29 is 5.11 Å². The highest BCUT2D eigenvalue weighted by molar-refractivity contribution is 5.78. The third kappa shape index (κ3) is 5.40. The molecule has 0 bridgehead atoms. The molecule has 1 atom stereocenters. The summed E-state index contributed by atoms with van der Waals surface area (Å²) in [7, 11) is 1.97. The van der Waals surface area contributed by atoms with Gasteiger partial charge in [-0.2, -0.15) is 9.97 Å². The minimum atomic E-state index is -0.105. The number of anilines is 3. The zero-order chi connectivity index (χ0) is 19.8. The number of hydrogen-bond acceptors (Lipinski definition) is 7. The maximum Gasteiger partial charge on any atom is 0.227 e. The molecule has 1 heterocycles. The molecule has 2 rings (SSSR count). The maximum atomic E-state index is 9.50. The number of rotatable bonds is 10. The first-order valence-corrected chi connectivity index (χ1v) is 9.26. The predicted octanol–water partition coefficient (Wildman–Crippen LogP) is 3.45. The third-order valence-corrected chi connectivity index (χ3v) is 4.48. The molecule has 0 saturated heterocycles. The van der Waals surface area contributed by atoms with Gasteiger partial charge in [0.05, 0.1) is 12.6 Å². The summed E-state index contributed by atoms with van der Waals surface area (Å²) >= 11 is 0. The van der Waals surface area contributed by atoms with Crippen LogP contribution in [0, 0.1) is 0 Å². The van der Waals surface area contributed by atoms with Crippen molar-refractivity contribution in [2.75, 3.05) is 29.2 Å². The third-order valence-electron chi connectivity index (χ3n) is 4.48. The van der Waals surface area contributed by atoms with Gasteiger partial charge in [0.2, 0.25) is 5.95 Å². The topological polar surface area (TPSA) is 85.7 Å². The Kier molecular flexibility index (Phi) is 7.55. The zero-order valence-corrected chi connectivity index (χ0v) is 16.6. The molecule has 0 aliphatic heterocycles. The van der Waals surface area contributed by atoms with Crippen molar-refractivity contribution in [3.05, 3.63) is 35.9 Å². The molecular weight excluding hydrogens is 340 g/mol. The highest BCUT2D eigenvalue weighted by Gasteiger charge is 2.19. The van der Waals surface area contributed by atoms with Crippen LogP contribution in [-0.4, -0.2) is 47.5 Å². The molecule has 0 fully saturated rings. The van der Waals surface area contributed by atoms with Gasteiger partial charge >= 0.3 is 0 Å². The number of benzene rings is 1. The first kappa shape index (κ1) is 20.6. The Morgan fingerprint density at radius 2 is 1.93 bits per heavy atom. The van der Waals surface area contributed by atoms with Crippen molar-refractivity contribution in [1.29, 1.82) is 0 Å². The standard InChI is InChI=1S/C20H30N6O/c1-6-16(13-27)23-20-24-18(22-12-15-10-8-7-9-11-15)17(21-4)19(25-20)26(5)14(2)3/h7-11,14,16,27H,4,6,12-13H2,1-3,5H3,(H2,22,23,24,25)/t16-/m1/s1. The van der Waals surface area contributed by atoms with Gasteiger partial charge in [0.1, 0.15) is 5.69 Å². The summed E-state index contributed by atoms with van der Waals surface area (Å²) in [5.41, 5.74) is 1.76. The number of nitrogens with one attached hydrogen (secondary N) is 2. The molecule has 0 amide bonds. The Morgan fingerprint density at radius 1 is 1.22 bits per heavy atom. The van der Waals surface area contributed by atoms with Crippen molar-refractivity contribution >= 4 is 30.0 Å². The van der Waals surface area contributed by atoms with Crippen LogP contribution in [0.4, 0.5) is 23.3 Å². The highest BCUT2D eigenvalue weighted by Crippen LogP contribution is 2.35. The van der Waals surface area contributed by atoms with E-state index >= 15 is 0 Å². The number of aliphatic hydroxyl groups excluding tert-OH is 1. The Morgan fingerprint density at radius 3 is 2.48 bits per heavy atom. The molecule has 7 nitrogen and oxygen atoms in total. The largest absolute Gasteiger partial charge is 0.394 e. The molecule has 1 aromatic heterocycles. The Hall–Kier alpha value is -2.67. The summed E-state index contributed by atoms with van der Waals surface area (Å²) in [5, 5.41) is 16.1. The smallest absolute Gasteiger partial charge is 0.227 e. The number of nitrogens with zero attached hydrogens (tertiary/aromatic N) is 4. The molecular formula is C20H30N6O. The average molecular weight is 371 g/mol. The van der Waals surface area contributed by atoms with Crippen LogP contribution in [0.15, 0.2) is 35.3 Å². The minimum absolute atomic E-state index is 0.0173. The molecule has 2 aromatic rings. The molecule has 0 aliphatic carbocycles. The van der Waals surface area contributed by atoms with E-state index in [1.807, 2.05) is 49.2 Å². The quantitative estimate of drug-likeness (QED) is 0.556. The molecule has 0 spiro atoms. The molecule has 0 radical (unpaired) electrons. The summed E-state index contributed by atoms with van der Waals surface area (Å²) in [6.45, 7) is 10.5. The molecule has 0 aliphatic rings. The van der Waals surface area contributed by atoms with Gasteiger partial charge in [0.25, 0.3) is 0 Å². The SMILES string of the molecule is C=Nc1c(NCc2ccccc2)nc(N[C@H](CC)CO)nc1N(C)C(C)C. The molecule has 3 N–H and O–H groups in total. The van der Waals surface area contributed by atoms with Crippen molar-refractivity contribution in [2.24, 2.45) is 4.99 Å². The predicted molar refractivity (Wildman–Crippen MR) is 113 cm³/mol. The van der Waals surface area contributed by atoms with Crippen molar-refractivity contribution in [3.8, 4) is 0 Å². The van der Waals surface area contributed by atoms with Crippen LogP contribution in [0.5, 0.6) is 0 Å². The summed E-state index contributed by atoms with van der Waals surface area (Å²) in [6, 6.07) is 10.2. The molecule has 7 heteroatoms. The number of aromatic nitrogens is 2. The summed E-state index contributed by atoms with van der Waals surface area (Å²) in [4.78, 5) is 15.4. The van der Waals surface area contributed by atoms with Gasteiger partial charge in [-0.25, -0.2) is 0 Å². The minimum Gasteiger partial charge on any atom is -0.394 e. The van der Waals surface area contributed by atoms with Crippen molar-refractivity contribution in [2.45, 2.75) is 45.8 Å². The Labute approximate surface area is 161 Å². The molecule has 146 valence electrons. The van der Waals surface area contributed by atoms with Gasteiger partial charge in [-0.1, -0.05) is 37.3 Å². The Bertz CT molecular complexity index is 731. The first-order valence-electron chi connectivity index (χ1n) is 9.26. The lowest BCUT2D eigenvalue weighted by Crippen LogP contribution is -2.29. The van der Waals surface area contributed by atoms with E-state index in [9.17, 15) is 5.11 Å². The monoisotopic (exact) mass is 370 g/mol. The fraction of sp³-hybridized carbons (Fsp3) is 0.450. The van der Waals surface area contributed by atoms with Crippen LogP contribution >= 0.6 is 0 Å². The second-order valence-electron chi connectivity index (χ2n) is 6.70. The van der Waals surface area contributed by atoms with Crippen molar-refractivity contribution in [3.63, 3.8) is 0 Å². The number of aliphatic imine (C=N–C) groups is 1. The molecule has 1 aromatic carbocycles. The summed E-state index contributed by atoms with van der Waals surface area (Å²) in [5.74, 6) is 1.77. The molecule has 0 unspecified atom stereocenters. The lowest BCUT2D eigenvalue weighted by atomic mass is 10.2.